The highest BCUT2D eigenvalue weighted by atomic mass is 32.1. The highest BCUT2D eigenvalue weighted by molar-refractivity contribution is 7.90. The molecule has 2 rings (SSSR count). The van der Waals surface area contributed by atoms with E-state index in [1.54, 1.807) is 0 Å². The third kappa shape index (κ3) is 3.44. The van der Waals surface area contributed by atoms with Crippen LogP contribution in [0.5, 0.6) is 0 Å². The largest absolute Gasteiger partial charge is 0.143 e. The van der Waals surface area contributed by atoms with Crippen LogP contribution in [0.2, 0.25) is 0 Å². The zero-order valence-electron chi connectivity index (χ0n) is 9.56. The van der Waals surface area contributed by atoms with E-state index in [1.807, 2.05) is 24.3 Å². The summed E-state index contributed by atoms with van der Waals surface area (Å²) in [5.74, 6) is 0.508. The highest BCUT2D eigenvalue weighted by Gasteiger charge is 2.16. The van der Waals surface area contributed by atoms with Gasteiger partial charge in [-0.25, -0.2) is 0 Å². The summed E-state index contributed by atoms with van der Waals surface area (Å²) in [4.78, 5) is 3.58. The predicted molar refractivity (Wildman–Crippen MR) is 93.5 cm³/mol. The van der Waals surface area contributed by atoms with E-state index in [-0.39, 0.29) is 11.8 Å². The molecular formula is C14H14S4. The van der Waals surface area contributed by atoms with Crippen molar-refractivity contribution in [1.82, 2.24) is 0 Å². The maximum atomic E-state index is 4.46. The second-order valence-corrected chi connectivity index (χ2v) is 6.06. The van der Waals surface area contributed by atoms with Crippen LogP contribution in [0.3, 0.4) is 0 Å². The van der Waals surface area contributed by atoms with Gasteiger partial charge >= 0.3 is 0 Å². The number of hydrogen-bond acceptors (Lipinski definition) is 4. The Labute approximate surface area is 130 Å². The standard InChI is InChI=1S/C14H14S4/c15-11-5-1-3-9(7-13(11)17)10-4-2-6-12(16)14(18)8-10/h1-10,15-18H. The van der Waals surface area contributed by atoms with Gasteiger partial charge in [0.25, 0.3) is 0 Å². The predicted octanol–water partition coefficient (Wildman–Crippen LogP) is 4.61. The van der Waals surface area contributed by atoms with Crippen LogP contribution in [0.1, 0.15) is 0 Å². The van der Waals surface area contributed by atoms with Crippen molar-refractivity contribution in [3.05, 3.63) is 68.2 Å². The van der Waals surface area contributed by atoms with Gasteiger partial charge < -0.3 is 0 Å². The van der Waals surface area contributed by atoms with Crippen LogP contribution in [0.15, 0.2) is 68.2 Å². The average Bonchev–Trinajstić information content (AvgIpc) is 2.59. The van der Waals surface area contributed by atoms with Crippen LogP contribution < -0.4 is 0 Å². The van der Waals surface area contributed by atoms with E-state index < -0.39 is 0 Å². The fourth-order valence-electron chi connectivity index (χ4n) is 1.85. The Morgan fingerprint density at radius 3 is 1.39 bits per heavy atom. The molecule has 0 saturated heterocycles. The molecule has 0 heterocycles. The lowest BCUT2D eigenvalue weighted by Gasteiger charge is -2.15. The van der Waals surface area contributed by atoms with Gasteiger partial charge in [-0.05, 0) is 12.2 Å². The molecule has 2 aliphatic carbocycles. The van der Waals surface area contributed by atoms with Gasteiger partial charge in [0.05, 0.1) is 0 Å². The average molecular weight is 311 g/mol. The van der Waals surface area contributed by atoms with E-state index in [2.05, 4.69) is 74.8 Å². The lowest BCUT2D eigenvalue weighted by molar-refractivity contribution is 0.675. The summed E-state index contributed by atoms with van der Waals surface area (Å²) < 4.78 is 0. The second kappa shape index (κ2) is 6.33. The Hall–Kier alpha value is -0.160. The normalized spacial score (nSPS) is 27.8. The Balaban J connectivity index is 2.29. The molecule has 0 radical (unpaired) electrons. The van der Waals surface area contributed by atoms with Crippen molar-refractivity contribution in [1.29, 1.82) is 0 Å². The summed E-state index contributed by atoms with van der Waals surface area (Å²) in [7, 11) is 0. The minimum absolute atomic E-state index is 0.254. The maximum Gasteiger partial charge on any atom is 0.0171 e. The first-order chi connectivity index (χ1) is 8.58. The molecule has 2 aliphatic rings. The topological polar surface area (TPSA) is 0 Å². The Morgan fingerprint density at radius 2 is 1.00 bits per heavy atom. The molecule has 94 valence electrons. The number of thiol groups is 4. The smallest absolute Gasteiger partial charge is 0.0171 e. The van der Waals surface area contributed by atoms with Gasteiger partial charge in [0, 0.05) is 31.5 Å². The first-order valence-corrected chi connectivity index (χ1v) is 7.34. The molecule has 0 aromatic heterocycles. The van der Waals surface area contributed by atoms with Gasteiger partial charge in [-0.15, -0.1) is 50.5 Å². The quantitative estimate of drug-likeness (QED) is 0.499. The van der Waals surface area contributed by atoms with Crippen molar-refractivity contribution in [2.45, 2.75) is 0 Å². The van der Waals surface area contributed by atoms with Crippen LogP contribution in [0.4, 0.5) is 0 Å². The molecule has 0 spiro atoms. The van der Waals surface area contributed by atoms with Crippen molar-refractivity contribution >= 4 is 50.5 Å². The summed E-state index contributed by atoms with van der Waals surface area (Å²) in [6, 6.07) is 0. The van der Waals surface area contributed by atoms with E-state index in [0.29, 0.717) is 0 Å². The van der Waals surface area contributed by atoms with Gasteiger partial charge in [-0.3, -0.25) is 0 Å². The zero-order valence-corrected chi connectivity index (χ0v) is 13.1. The van der Waals surface area contributed by atoms with E-state index in [4.69, 9.17) is 0 Å². The molecule has 0 fully saturated rings. The summed E-state index contributed by atoms with van der Waals surface area (Å²) in [6.07, 6.45) is 16.5. The summed E-state index contributed by atoms with van der Waals surface area (Å²) in [5, 5.41) is 0. The van der Waals surface area contributed by atoms with Crippen LogP contribution >= 0.6 is 50.5 Å². The van der Waals surface area contributed by atoms with Gasteiger partial charge in [0.2, 0.25) is 0 Å². The third-order valence-corrected chi connectivity index (χ3v) is 4.76. The molecule has 2 atom stereocenters. The number of rotatable bonds is 1. The maximum absolute atomic E-state index is 4.46. The molecule has 0 N–H and O–H groups in total. The molecule has 0 aromatic carbocycles. The Morgan fingerprint density at radius 1 is 0.611 bits per heavy atom. The van der Waals surface area contributed by atoms with Crippen LogP contribution in [0.25, 0.3) is 0 Å². The lowest BCUT2D eigenvalue weighted by Crippen LogP contribution is -2.05. The summed E-state index contributed by atoms with van der Waals surface area (Å²) >= 11 is 17.7. The number of hydrogen-bond donors (Lipinski definition) is 4. The first-order valence-electron chi connectivity index (χ1n) is 5.55. The number of allylic oxidation sites excluding steroid dienone is 8. The Kier molecular flexibility index (Phi) is 5.01. The summed E-state index contributed by atoms with van der Waals surface area (Å²) in [6.45, 7) is 0. The molecule has 2 unspecified atom stereocenters. The first kappa shape index (κ1) is 14.3. The van der Waals surface area contributed by atoms with Gasteiger partial charge in [-0.1, -0.05) is 36.5 Å². The molecule has 0 amide bonds. The second-order valence-electron chi connectivity index (χ2n) is 4.13. The fraction of sp³-hybridized carbons (Fsp3) is 0.143. The van der Waals surface area contributed by atoms with Crippen LogP contribution in [0, 0.1) is 11.8 Å². The molecule has 0 aliphatic heterocycles. The minimum atomic E-state index is 0.254. The van der Waals surface area contributed by atoms with Crippen molar-refractivity contribution in [2.24, 2.45) is 11.8 Å². The Bertz CT molecular complexity index is 470. The van der Waals surface area contributed by atoms with Gasteiger partial charge in [0.15, 0.2) is 0 Å². The van der Waals surface area contributed by atoms with Crippen LogP contribution in [-0.2, 0) is 0 Å². The van der Waals surface area contributed by atoms with E-state index in [1.165, 1.54) is 0 Å². The third-order valence-electron chi connectivity index (χ3n) is 2.84. The lowest BCUT2D eigenvalue weighted by atomic mass is 9.91. The molecule has 18 heavy (non-hydrogen) atoms. The molecule has 0 saturated carbocycles. The molecule has 0 nitrogen and oxygen atoms in total. The zero-order chi connectivity index (χ0) is 13.1. The summed E-state index contributed by atoms with van der Waals surface area (Å²) in [5.41, 5.74) is 0. The van der Waals surface area contributed by atoms with Gasteiger partial charge in [-0.2, -0.15) is 0 Å². The molecular weight excluding hydrogens is 296 g/mol. The monoisotopic (exact) mass is 310 g/mol. The van der Waals surface area contributed by atoms with Crippen molar-refractivity contribution in [2.75, 3.05) is 0 Å². The van der Waals surface area contributed by atoms with Crippen molar-refractivity contribution < 1.29 is 0 Å². The van der Waals surface area contributed by atoms with Crippen molar-refractivity contribution in [3.63, 3.8) is 0 Å². The van der Waals surface area contributed by atoms with E-state index in [9.17, 15) is 0 Å². The van der Waals surface area contributed by atoms with Crippen LogP contribution in [-0.4, -0.2) is 0 Å². The SMILES string of the molecule is SC1=CC=CC(C2C=CC=C(S)C(S)=C2)C=C1S. The van der Waals surface area contributed by atoms with Gasteiger partial charge in [0.1, 0.15) is 0 Å². The molecule has 4 heteroatoms. The van der Waals surface area contributed by atoms with Crippen molar-refractivity contribution in [3.8, 4) is 0 Å². The molecule has 0 aromatic rings. The fourth-order valence-corrected chi connectivity index (χ4v) is 2.66. The minimum Gasteiger partial charge on any atom is -0.143 e. The van der Waals surface area contributed by atoms with E-state index >= 15 is 0 Å². The van der Waals surface area contributed by atoms with E-state index in [0.717, 1.165) is 19.6 Å². The molecule has 0 bridgehead atoms. The highest BCUT2D eigenvalue weighted by Crippen LogP contribution is 2.32.